The van der Waals surface area contributed by atoms with Gasteiger partial charge in [-0.05, 0) is 18.1 Å². The summed E-state index contributed by atoms with van der Waals surface area (Å²) < 4.78 is 22.1. The number of nitrogens with two attached hydrogens (primary N) is 2. The maximum absolute atomic E-state index is 11.1. The Balaban J connectivity index is 2.79. The predicted octanol–water partition coefficient (Wildman–Crippen LogP) is 0.208. The highest BCUT2D eigenvalue weighted by Crippen LogP contribution is 2.22. The lowest BCUT2D eigenvalue weighted by molar-refractivity contribution is 0.532. The molecule has 5 N–H and O–H groups in total. The summed E-state index contributed by atoms with van der Waals surface area (Å²) in [6.07, 6.45) is 1.61. The van der Waals surface area contributed by atoms with Crippen LogP contribution in [0.25, 0.3) is 0 Å². The Kier molecular flexibility index (Phi) is 4.28. The molecule has 0 amide bonds. The highest BCUT2D eigenvalue weighted by atomic mass is 32.2. The first-order valence-corrected chi connectivity index (χ1v) is 6.98. The number of hydrogen-bond donors (Lipinski definition) is 3. The summed E-state index contributed by atoms with van der Waals surface area (Å²) in [5.41, 5.74) is 9.82. The Morgan fingerprint density at radius 3 is 2.50 bits per heavy atom. The molecule has 0 aromatic heterocycles. The highest BCUT2D eigenvalue weighted by molar-refractivity contribution is 7.90. The van der Waals surface area contributed by atoms with Crippen LogP contribution in [0.15, 0.2) is 24.3 Å². The quantitative estimate of drug-likeness (QED) is 0.390. The fourth-order valence-electron chi connectivity index (χ4n) is 1.49. The van der Waals surface area contributed by atoms with Crippen LogP contribution in [0.1, 0.15) is 18.0 Å². The van der Waals surface area contributed by atoms with Crippen LogP contribution in [-0.2, 0) is 9.84 Å². The van der Waals surface area contributed by atoms with Gasteiger partial charge in [-0.15, -0.1) is 0 Å². The minimum atomic E-state index is -2.99. The third-order valence-electron chi connectivity index (χ3n) is 2.35. The van der Waals surface area contributed by atoms with Crippen molar-refractivity contribution in [2.45, 2.75) is 12.5 Å². The molecular weight excluding hydrogens is 226 g/mol. The van der Waals surface area contributed by atoms with Gasteiger partial charge in [-0.25, -0.2) is 8.42 Å². The third-order valence-corrected chi connectivity index (χ3v) is 3.33. The second-order valence-corrected chi connectivity index (χ2v) is 6.03. The van der Waals surface area contributed by atoms with E-state index in [0.717, 1.165) is 5.56 Å². The molecule has 1 unspecified atom stereocenters. The van der Waals surface area contributed by atoms with Crippen molar-refractivity contribution in [3.63, 3.8) is 0 Å². The van der Waals surface area contributed by atoms with Gasteiger partial charge in [0.1, 0.15) is 9.84 Å². The zero-order valence-electron chi connectivity index (χ0n) is 9.18. The molecule has 0 aliphatic heterocycles. The molecule has 0 aliphatic rings. The molecule has 90 valence electrons. The van der Waals surface area contributed by atoms with Crippen molar-refractivity contribution >= 4 is 15.5 Å². The summed E-state index contributed by atoms with van der Waals surface area (Å²) in [7, 11) is -2.99. The molecule has 0 spiro atoms. The van der Waals surface area contributed by atoms with Crippen molar-refractivity contribution in [1.29, 1.82) is 0 Å². The van der Waals surface area contributed by atoms with E-state index in [4.69, 9.17) is 11.6 Å². The van der Waals surface area contributed by atoms with E-state index < -0.39 is 9.84 Å². The molecule has 0 aliphatic carbocycles. The summed E-state index contributed by atoms with van der Waals surface area (Å²) in [4.78, 5) is 0. The molecule has 0 saturated heterocycles. The Morgan fingerprint density at radius 1 is 1.38 bits per heavy atom. The number of hydrogen-bond acceptors (Lipinski definition) is 5. The van der Waals surface area contributed by atoms with Gasteiger partial charge in [0.05, 0.1) is 5.75 Å². The lowest BCUT2D eigenvalue weighted by Crippen LogP contribution is -2.30. The van der Waals surface area contributed by atoms with Crippen molar-refractivity contribution in [2.24, 2.45) is 5.84 Å². The van der Waals surface area contributed by atoms with Gasteiger partial charge >= 0.3 is 0 Å². The molecule has 0 fully saturated rings. The fourth-order valence-corrected chi connectivity index (χ4v) is 2.15. The molecule has 1 aromatic rings. The number of nitrogen functional groups attached to an aromatic ring is 1. The number of benzene rings is 1. The second kappa shape index (κ2) is 5.29. The average Bonchev–Trinajstić information content (AvgIpc) is 2.20. The fraction of sp³-hybridized carbons (Fsp3) is 0.400. The molecule has 5 nitrogen and oxygen atoms in total. The number of rotatable bonds is 5. The van der Waals surface area contributed by atoms with Crippen LogP contribution in [0.3, 0.4) is 0 Å². The summed E-state index contributed by atoms with van der Waals surface area (Å²) in [6.45, 7) is 0. The summed E-state index contributed by atoms with van der Waals surface area (Å²) in [5.74, 6) is 5.48. The molecule has 1 atom stereocenters. The van der Waals surface area contributed by atoms with E-state index >= 15 is 0 Å². The van der Waals surface area contributed by atoms with Crippen LogP contribution in [0.5, 0.6) is 0 Å². The van der Waals surface area contributed by atoms with E-state index in [0.29, 0.717) is 12.1 Å². The van der Waals surface area contributed by atoms with Crippen LogP contribution in [-0.4, -0.2) is 20.4 Å². The largest absolute Gasteiger partial charge is 0.398 e. The molecule has 0 bridgehead atoms. The van der Waals surface area contributed by atoms with Crippen molar-refractivity contribution in [2.75, 3.05) is 17.7 Å². The van der Waals surface area contributed by atoms with Crippen molar-refractivity contribution in [3.8, 4) is 0 Å². The minimum absolute atomic E-state index is 0.0796. The second-order valence-electron chi connectivity index (χ2n) is 3.77. The third kappa shape index (κ3) is 3.80. The maximum atomic E-state index is 11.1. The van der Waals surface area contributed by atoms with Crippen molar-refractivity contribution < 1.29 is 8.42 Å². The zero-order chi connectivity index (χ0) is 12.2. The van der Waals surface area contributed by atoms with E-state index in [1.807, 2.05) is 18.2 Å². The van der Waals surface area contributed by atoms with Crippen LogP contribution in [0.4, 0.5) is 5.69 Å². The predicted molar refractivity (Wildman–Crippen MR) is 65.2 cm³/mol. The maximum Gasteiger partial charge on any atom is 0.147 e. The lowest BCUT2D eigenvalue weighted by Gasteiger charge is -2.17. The van der Waals surface area contributed by atoms with Gasteiger partial charge in [0.15, 0.2) is 0 Å². The standard InChI is InChI=1S/C10H17N3O2S/c1-16(14,15)7-6-10(13-12)8-4-2-3-5-9(8)11/h2-5,10,13H,6-7,11-12H2,1H3. The molecular formula is C10H17N3O2S. The first-order chi connectivity index (χ1) is 7.44. The lowest BCUT2D eigenvalue weighted by atomic mass is 10.0. The first-order valence-electron chi connectivity index (χ1n) is 4.92. The van der Waals surface area contributed by atoms with Crippen LogP contribution < -0.4 is 17.0 Å². The number of para-hydroxylation sites is 1. The Morgan fingerprint density at radius 2 is 2.00 bits per heavy atom. The van der Waals surface area contributed by atoms with E-state index in [1.165, 1.54) is 6.26 Å². The molecule has 0 saturated carbocycles. The van der Waals surface area contributed by atoms with E-state index in [-0.39, 0.29) is 11.8 Å². The molecule has 0 radical (unpaired) electrons. The number of nitrogens with one attached hydrogen (secondary N) is 1. The van der Waals surface area contributed by atoms with E-state index in [9.17, 15) is 8.42 Å². The molecule has 1 rings (SSSR count). The van der Waals surface area contributed by atoms with Gasteiger partial charge in [0.25, 0.3) is 0 Å². The van der Waals surface area contributed by atoms with E-state index in [1.54, 1.807) is 6.07 Å². The normalized spacial score (nSPS) is 13.6. The summed E-state index contributed by atoms with van der Waals surface area (Å²) >= 11 is 0. The van der Waals surface area contributed by atoms with Crippen molar-refractivity contribution in [1.82, 2.24) is 5.43 Å². The van der Waals surface area contributed by atoms with Gasteiger partial charge in [-0.1, -0.05) is 18.2 Å². The smallest absolute Gasteiger partial charge is 0.147 e. The van der Waals surface area contributed by atoms with Gasteiger partial charge in [0, 0.05) is 18.0 Å². The van der Waals surface area contributed by atoms with Gasteiger partial charge in [-0.2, -0.15) is 0 Å². The Hall–Kier alpha value is -1.11. The molecule has 0 heterocycles. The van der Waals surface area contributed by atoms with E-state index in [2.05, 4.69) is 5.43 Å². The van der Waals surface area contributed by atoms with Crippen LogP contribution in [0.2, 0.25) is 0 Å². The Bertz CT molecular complexity index is 445. The van der Waals surface area contributed by atoms with Crippen molar-refractivity contribution in [3.05, 3.63) is 29.8 Å². The Labute approximate surface area is 95.7 Å². The van der Waals surface area contributed by atoms with Gasteiger partial charge < -0.3 is 5.73 Å². The summed E-state index contributed by atoms with van der Waals surface area (Å²) in [6, 6.07) is 7.03. The molecule has 16 heavy (non-hydrogen) atoms. The molecule has 1 aromatic carbocycles. The highest BCUT2D eigenvalue weighted by Gasteiger charge is 2.14. The number of hydrazine groups is 1. The first kappa shape index (κ1) is 13.0. The monoisotopic (exact) mass is 243 g/mol. The zero-order valence-corrected chi connectivity index (χ0v) is 10.00. The SMILES string of the molecule is CS(=O)(=O)CCC(NN)c1ccccc1N. The minimum Gasteiger partial charge on any atom is -0.398 e. The van der Waals surface area contributed by atoms with Crippen LogP contribution in [0, 0.1) is 0 Å². The number of sulfone groups is 1. The molecule has 6 heteroatoms. The summed E-state index contributed by atoms with van der Waals surface area (Å²) in [5, 5.41) is 0. The average molecular weight is 243 g/mol. The van der Waals surface area contributed by atoms with Crippen LogP contribution >= 0.6 is 0 Å². The van der Waals surface area contributed by atoms with Gasteiger partial charge in [0.2, 0.25) is 0 Å². The van der Waals surface area contributed by atoms with Gasteiger partial charge in [-0.3, -0.25) is 11.3 Å². The number of anilines is 1. The topological polar surface area (TPSA) is 98.2 Å².